The van der Waals surface area contributed by atoms with Crippen LogP contribution in [-0.2, 0) is 17.9 Å². The van der Waals surface area contributed by atoms with Gasteiger partial charge in [0.2, 0.25) is 0 Å². The average Bonchev–Trinajstić information content (AvgIpc) is 2.64. The third-order valence-corrected chi connectivity index (χ3v) is 4.04. The third kappa shape index (κ3) is 8.19. The summed E-state index contributed by atoms with van der Waals surface area (Å²) in [6.07, 6.45) is 3.40. The number of nitrogens with one attached hydrogen (secondary N) is 1. The van der Waals surface area contributed by atoms with Gasteiger partial charge < -0.3 is 14.8 Å². The van der Waals surface area contributed by atoms with Crippen molar-refractivity contribution in [1.29, 1.82) is 0 Å². The van der Waals surface area contributed by atoms with Crippen molar-refractivity contribution in [2.24, 2.45) is 0 Å². The van der Waals surface area contributed by atoms with Crippen molar-refractivity contribution in [1.82, 2.24) is 5.32 Å². The standard InChI is InChI=1S/C22H31NO2/c1-3-4-14-24-15-6-13-23-17-21-7-5-8-22(16-21)25-18-20-11-9-19(2)10-12-20/h5,7-12,16,23H,3-4,6,13-15,17-18H2,1-2H3. The van der Waals surface area contributed by atoms with Gasteiger partial charge in [0.25, 0.3) is 0 Å². The van der Waals surface area contributed by atoms with Crippen molar-refractivity contribution in [2.75, 3.05) is 19.8 Å². The SMILES string of the molecule is CCCCOCCCNCc1cccc(OCc2ccc(C)cc2)c1. The summed E-state index contributed by atoms with van der Waals surface area (Å²) in [4.78, 5) is 0. The average molecular weight is 341 g/mol. The first-order valence-corrected chi connectivity index (χ1v) is 9.33. The lowest BCUT2D eigenvalue weighted by Gasteiger charge is -2.09. The minimum atomic E-state index is 0.603. The van der Waals surface area contributed by atoms with Crippen LogP contribution in [0.1, 0.15) is 42.9 Å². The van der Waals surface area contributed by atoms with Gasteiger partial charge in [-0.1, -0.05) is 55.3 Å². The molecule has 0 amide bonds. The normalized spacial score (nSPS) is 10.8. The first kappa shape index (κ1) is 19.5. The van der Waals surface area contributed by atoms with Crippen LogP contribution < -0.4 is 10.1 Å². The van der Waals surface area contributed by atoms with Crippen LogP contribution in [0, 0.1) is 6.92 Å². The molecule has 3 nitrogen and oxygen atoms in total. The lowest BCUT2D eigenvalue weighted by Crippen LogP contribution is -2.16. The highest BCUT2D eigenvalue weighted by Gasteiger charge is 1.99. The molecule has 0 saturated carbocycles. The fourth-order valence-electron chi connectivity index (χ4n) is 2.48. The molecule has 1 N–H and O–H groups in total. The van der Waals surface area contributed by atoms with E-state index < -0.39 is 0 Å². The van der Waals surface area contributed by atoms with Crippen LogP contribution in [0.15, 0.2) is 48.5 Å². The molecule has 0 unspecified atom stereocenters. The number of aryl methyl sites for hydroxylation is 1. The molecule has 136 valence electrons. The Morgan fingerprint density at radius 1 is 0.920 bits per heavy atom. The highest BCUT2D eigenvalue weighted by molar-refractivity contribution is 5.29. The summed E-state index contributed by atoms with van der Waals surface area (Å²) in [6.45, 7) is 8.44. The molecule has 0 spiro atoms. The fourth-order valence-corrected chi connectivity index (χ4v) is 2.48. The highest BCUT2D eigenvalue weighted by atomic mass is 16.5. The molecule has 0 aliphatic heterocycles. The molecule has 0 fully saturated rings. The van der Waals surface area contributed by atoms with Gasteiger partial charge in [-0.25, -0.2) is 0 Å². The molecule has 0 radical (unpaired) electrons. The second kappa shape index (κ2) is 11.7. The largest absolute Gasteiger partial charge is 0.489 e. The van der Waals surface area contributed by atoms with Crippen LogP contribution in [0.5, 0.6) is 5.75 Å². The van der Waals surface area contributed by atoms with Gasteiger partial charge in [-0.2, -0.15) is 0 Å². The summed E-state index contributed by atoms with van der Waals surface area (Å²) in [5.41, 5.74) is 3.71. The number of hydrogen-bond donors (Lipinski definition) is 1. The molecule has 0 heterocycles. The minimum Gasteiger partial charge on any atom is -0.489 e. The molecule has 2 rings (SSSR count). The van der Waals surface area contributed by atoms with Crippen molar-refractivity contribution in [3.63, 3.8) is 0 Å². The van der Waals surface area contributed by atoms with Gasteiger partial charge in [0.15, 0.2) is 0 Å². The molecule has 0 aliphatic rings. The Hall–Kier alpha value is -1.84. The summed E-state index contributed by atoms with van der Waals surface area (Å²) >= 11 is 0. The zero-order valence-electron chi connectivity index (χ0n) is 15.6. The minimum absolute atomic E-state index is 0.603. The zero-order chi connectivity index (χ0) is 17.7. The molecular formula is C22H31NO2. The Kier molecular flexibility index (Phi) is 9.09. The summed E-state index contributed by atoms with van der Waals surface area (Å²) in [7, 11) is 0. The number of ether oxygens (including phenoxy) is 2. The van der Waals surface area contributed by atoms with Crippen LogP contribution in [0.3, 0.4) is 0 Å². The Balaban J connectivity index is 1.65. The molecule has 25 heavy (non-hydrogen) atoms. The van der Waals surface area contributed by atoms with Crippen LogP contribution in [-0.4, -0.2) is 19.8 Å². The number of rotatable bonds is 12. The van der Waals surface area contributed by atoms with E-state index in [4.69, 9.17) is 9.47 Å². The number of unbranched alkanes of at least 4 members (excludes halogenated alkanes) is 1. The van der Waals surface area contributed by atoms with Gasteiger partial charge in [-0.3, -0.25) is 0 Å². The van der Waals surface area contributed by atoms with Gasteiger partial charge in [0.1, 0.15) is 12.4 Å². The van der Waals surface area contributed by atoms with E-state index in [2.05, 4.69) is 61.6 Å². The Labute approximate surface area is 152 Å². The van der Waals surface area contributed by atoms with Crippen molar-refractivity contribution < 1.29 is 9.47 Å². The molecular weight excluding hydrogens is 310 g/mol. The van der Waals surface area contributed by atoms with E-state index in [1.54, 1.807) is 0 Å². The van der Waals surface area contributed by atoms with E-state index in [0.717, 1.165) is 44.9 Å². The maximum atomic E-state index is 5.91. The van der Waals surface area contributed by atoms with Crippen LogP contribution in [0.4, 0.5) is 0 Å². The molecule has 2 aromatic rings. The van der Waals surface area contributed by atoms with E-state index in [0.29, 0.717) is 6.61 Å². The van der Waals surface area contributed by atoms with Crippen LogP contribution in [0.25, 0.3) is 0 Å². The Morgan fingerprint density at radius 2 is 1.72 bits per heavy atom. The first-order valence-electron chi connectivity index (χ1n) is 9.33. The van der Waals surface area contributed by atoms with Crippen LogP contribution in [0.2, 0.25) is 0 Å². The number of hydrogen-bond acceptors (Lipinski definition) is 3. The second-order valence-electron chi connectivity index (χ2n) is 6.42. The molecule has 0 bridgehead atoms. The van der Waals surface area contributed by atoms with E-state index in [1.807, 2.05) is 6.07 Å². The monoisotopic (exact) mass is 341 g/mol. The Morgan fingerprint density at radius 3 is 2.52 bits per heavy atom. The molecule has 3 heteroatoms. The quantitative estimate of drug-likeness (QED) is 0.559. The molecule has 0 saturated heterocycles. The maximum absolute atomic E-state index is 5.91. The van der Waals surface area contributed by atoms with E-state index in [-0.39, 0.29) is 0 Å². The lowest BCUT2D eigenvalue weighted by atomic mass is 10.2. The molecule has 0 atom stereocenters. The molecule has 2 aromatic carbocycles. The predicted octanol–water partition coefficient (Wildman–Crippen LogP) is 4.87. The van der Waals surface area contributed by atoms with E-state index >= 15 is 0 Å². The van der Waals surface area contributed by atoms with E-state index in [9.17, 15) is 0 Å². The van der Waals surface area contributed by atoms with Crippen molar-refractivity contribution >= 4 is 0 Å². The highest BCUT2D eigenvalue weighted by Crippen LogP contribution is 2.15. The summed E-state index contributed by atoms with van der Waals surface area (Å²) in [6, 6.07) is 16.8. The third-order valence-electron chi connectivity index (χ3n) is 4.04. The van der Waals surface area contributed by atoms with Gasteiger partial charge >= 0.3 is 0 Å². The van der Waals surface area contributed by atoms with Gasteiger partial charge in [0, 0.05) is 19.8 Å². The van der Waals surface area contributed by atoms with Crippen LogP contribution >= 0.6 is 0 Å². The molecule has 0 aliphatic carbocycles. The summed E-state index contributed by atoms with van der Waals surface area (Å²) in [5, 5.41) is 3.46. The maximum Gasteiger partial charge on any atom is 0.120 e. The molecule has 0 aromatic heterocycles. The van der Waals surface area contributed by atoms with Crippen molar-refractivity contribution in [2.45, 2.75) is 46.3 Å². The second-order valence-corrected chi connectivity index (χ2v) is 6.42. The van der Waals surface area contributed by atoms with Gasteiger partial charge in [0.05, 0.1) is 0 Å². The number of benzene rings is 2. The topological polar surface area (TPSA) is 30.5 Å². The van der Waals surface area contributed by atoms with Crippen molar-refractivity contribution in [3.8, 4) is 5.75 Å². The van der Waals surface area contributed by atoms with Crippen molar-refractivity contribution in [3.05, 3.63) is 65.2 Å². The van der Waals surface area contributed by atoms with Gasteiger partial charge in [-0.05, 0) is 49.6 Å². The van der Waals surface area contributed by atoms with E-state index in [1.165, 1.54) is 23.1 Å². The van der Waals surface area contributed by atoms with Gasteiger partial charge in [-0.15, -0.1) is 0 Å². The summed E-state index contributed by atoms with van der Waals surface area (Å²) in [5.74, 6) is 0.919. The zero-order valence-corrected chi connectivity index (χ0v) is 15.6. The summed E-state index contributed by atoms with van der Waals surface area (Å²) < 4.78 is 11.5. The predicted molar refractivity (Wildman–Crippen MR) is 104 cm³/mol. The first-order chi connectivity index (χ1) is 12.3. The smallest absolute Gasteiger partial charge is 0.120 e. The Bertz CT molecular complexity index is 595. The lowest BCUT2D eigenvalue weighted by molar-refractivity contribution is 0.129. The fraction of sp³-hybridized carbons (Fsp3) is 0.455.